The van der Waals surface area contributed by atoms with Gasteiger partial charge in [-0.1, -0.05) is 36.4 Å². The van der Waals surface area contributed by atoms with Gasteiger partial charge in [0.2, 0.25) is 5.95 Å². The van der Waals surface area contributed by atoms with Crippen molar-refractivity contribution in [3.8, 4) is 5.75 Å². The van der Waals surface area contributed by atoms with Crippen molar-refractivity contribution >= 4 is 47.4 Å². The predicted octanol–water partition coefficient (Wildman–Crippen LogP) is 4.02. The Morgan fingerprint density at radius 2 is 1.91 bits per heavy atom. The Bertz CT molecular complexity index is 1770. The van der Waals surface area contributed by atoms with Gasteiger partial charge in [0, 0.05) is 12.4 Å². The molecule has 0 unspecified atom stereocenters. The van der Waals surface area contributed by atoms with Crippen LogP contribution in [0.15, 0.2) is 48.8 Å². The van der Waals surface area contributed by atoms with Crippen molar-refractivity contribution in [3.63, 3.8) is 0 Å². The number of ether oxygens (including phenoxy) is 2. The first-order chi connectivity index (χ1) is 21.2. The molecule has 1 aliphatic rings. The van der Waals surface area contributed by atoms with Gasteiger partial charge in [-0.2, -0.15) is 15.1 Å². The van der Waals surface area contributed by atoms with E-state index in [2.05, 4.69) is 25.4 Å². The fourth-order valence-corrected chi connectivity index (χ4v) is 6.46. The normalized spacial score (nSPS) is 25.4. The molecule has 6 atom stereocenters. The minimum absolute atomic E-state index is 0.00205. The Hall–Kier alpha value is -3.95. The molecule has 5 rings (SSSR count). The number of nitrogen functional groups attached to an aromatic ring is 1. The first kappa shape index (κ1) is 32.4. The molecule has 242 valence electrons. The highest BCUT2D eigenvalue weighted by atomic mass is 31.2. The lowest BCUT2D eigenvalue weighted by Gasteiger charge is -2.28. The smallest absolute Gasteiger partial charge is 0.459 e. The van der Waals surface area contributed by atoms with Gasteiger partial charge in [0.15, 0.2) is 35.0 Å². The highest BCUT2D eigenvalue weighted by Crippen LogP contribution is 2.52. The number of benzene rings is 2. The van der Waals surface area contributed by atoms with Crippen LogP contribution in [0.25, 0.3) is 21.9 Å². The first-order valence-corrected chi connectivity index (χ1v) is 15.5. The lowest BCUT2D eigenvalue weighted by Crippen LogP contribution is -2.47. The van der Waals surface area contributed by atoms with E-state index >= 15 is 8.78 Å². The molecule has 2 aromatic heterocycles. The third-order valence-electron chi connectivity index (χ3n) is 7.12. The van der Waals surface area contributed by atoms with Crippen LogP contribution in [0.1, 0.15) is 33.9 Å². The summed E-state index contributed by atoms with van der Waals surface area (Å²) in [5.74, 6) is -3.91. The van der Waals surface area contributed by atoms with Crippen molar-refractivity contribution in [2.24, 2.45) is 0 Å². The maximum atomic E-state index is 16.4. The number of nitrogens with zero attached hydrogens (tertiary/aromatic N) is 4. The third kappa shape index (κ3) is 6.29. The van der Waals surface area contributed by atoms with Crippen molar-refractivity contribution in [2.75, 3.05) is 24.7 Å². The van der Waals surface area contributed by atoms with E-state index in [4.69, 9.17) is 24.3 Å². The van der Waals surface area contributed by atoms with Gasteiger partial charge in [-0.05, 0) is 39.1 Å². The summed E-state index contributed by atoms with van der Waals surface area (Å²) in [6.45, 7) is 4.26. The summed E-state index contributed by atoms with van der Waals surface area (Å²) in [5, 5.41) is 17.4. The number of hydrogen-bond donors (Lipinski definition) is 4. The average molecular weight is 650 g/mol. The number of carbonyl (C=O) groups is 1. The summed E-state index contributed by atoms with van der Waals surface area (Å²) < 4.78 is 69.7. The minimum Gasteiger partial charge on any atom is -0.462 e. The molecular weight excluding hydrogens is 615 g/mol. The number of halogens is 2. The maximum absolute atomic E-state index is 16.4. The molecule has 3 heterocycles. The number of alkyl halides is 2. The number of rotatable bonds is 11. The predicted molar refractivity (Wildman–Crippen MR) is 161 cm³/mol. The van der Waals surface area contributed by atoms with Gasteiger partial charge in [0.1, 0.15) is 18.4 Å². The van der Waals surface area contributed by atoms with E-state index in [1.165, 1.54) is 13.0 Å². The van der Waals surface area contributed by atoms with Gasteiger partial charge in [0.25, 0.3) is 5.85 Å². The van der Waals surface area contributed by atoms with E-state index in [9.17, 15) is 14.5 Å². The number of nitrogens with two attached hydrogens (primary N) is 1. The van der Waals surface area contributed by atoms with Crippen LogP contribution in [0.3, 0.4) is 0 Å². The molecule has 0 saturated carbocycles. The largest absolute Gasteiger partial charge is 0.462 e. The van der Waals surface area contributed by atoms with Gasteiger partial charge in [-0.25, -0.2) is 18.3 Å². The molecule has 17 heteroatoms. The molecule has 1 saturated heterocycles. The summed E-state index contributed by atoms with van der Waals surface area (Å²) in [6, 6.07) is 10.7. The number of esters is 1. The third-order valence-corrected chi connectivity index (χ3v) is 8.73. The Morgan fingerprint density at radius 3 is 2.62 bits per heavy atom. The van der Waals surface area contributed by atoms with Crippen LogP contribution in [-0.4, -0.2) is 74.0 Å². The number of hydrogen-bond acceptors (Lipinski definition) is 12. The molecule has 0 bridgehead atoms. The van der Waals surface area contributed by atoms with Gasteiger partial charge in [-0.15, -0.1) is 0 Å². The number of aromatic nitrogens is 4. The summed E-state index contributed by atoms with van der Waals surface area (Å²) in [4.78, 5) is 24.8. The van der Waals surface area contributed by atoms with Crippen molar-refractivity contribution in [1.29, 1.82) is 0 Å². The van der Waals surface area contributed by atoms with Crippen molar-refractivity contribution < 1.29 is 41.8 Å². The van der Waals surface area contributed by atoms with Crippen LogP contribution < -0.4 is 20.7 Å². The quantitative estimate of drug-likeness (QED) is 0.135. The molecule has 0 spiro atoms. The number of aliphatic hydroxyl groups is 1. The number of fused-ring (bicyclic) bond motifs is 2. The number of nitrogens with one attached hydrogen (secondary N) is 2. The fourth-order valence-electron chi connectivity index (χ4n) is 4.93. The van der Waals surface area contributed by atoms with Crippen LogP contribution in [0.2, 0.25) is 0 Å². The Labute approximate surface area is 256 Å². The second-order valence-corrected chi connectivity index (χ2v) is 12.7. The highest BCUT2D eigenvalue weighted by Gasteiger charge is 2.65. The van der Waals surface area contributed by atoms with E-state index in [1.54, 1.807) is 57.3 Å². The molecule has 4 aromatic rings. The number of imidazole rings is 1. The van der Waals surface area contributed by atoms with Crippen LogP contribution >= 0.6 is 7.75 Å². The zero-order chi connectivity index (χ0) is 32.7. The van der Waals surface area contributed by atoms with Crippen LogP contribution in [0, 0.1) is 0 Å². The maximum Gasteiger partial charge on any atom is 0.459 e. The Kier molecular flexibility index (Phi) is 8.72. The van der Waals surface area contributed by atoms with Gasteiger partial charge >= 0.3 is 13.7 Å². The zero-order valence-electron chi connectivity index (χ0n) is 25.1. The molecule has 1 aliphatic heterocycles. The van der Waals surface area contributed by atoms with Gasteiger partial charge < -0.3 is 30.2 Å². The molecule has 0 aliphatic carbocycles. The van der Waals surface area contributed by atoms with Crippen molar-refractivity contribution in [3.05, 3.63) is 48.8 Å². The number of carbonyl (C=O) groups excluding carboxylic acids is 1. The summed E-state index contributed by atoms with van der Waals surface area (Å²) in [7, 11) is -3.10. The first-order valence-electron chi connectivity index (χ1n) is 14.0. The van der Waals surface area contributed by atoms with Crippen LogP contribution in [0.4, 0.5) is 20.5 Å². The van der Waals surface area contributed by atoms with Crippen molar-refractivity contribution in [1.82, 2.24) is 24.6 Å². The molecule has 14 nitrogen and oxygen atoms in total. The van der Waals surface area contributed by atoms with E-state index in [-0.39, 0.29) is 28.7 Å². The molecular formula is C28H34F2N7O7P. The van der Waals surface area contributed by atoms with Crippen molar-refractivity contribution in [2.45, 2.75) is 63.7 Å². The molecule has 45 heavy (non-hydrogen) atoms. The van der Waals surface area contributed by atoms with Crippen LogP contribution in [0.5, 0.6) is 5.75 Å². The molecule has 1 fully saturated rings. The van der Waals surface area contributed by atoms with E-state index < -0.39 is 56.3 Å². The standard InChI is InChI=1S/C28H34F2N7O7P/c1-15(2)42-23(38)16(3)36-45(40,44-19-12-8-10-17-9-6-7-11-18(17)19)41-13-28(30)24(39)27(4,29)25(43-28)37-14-33-20-21(32-5)34-26(31)35-22(20)37/h6-12,14-16,24-25,39H,13H2,1-5H3,(H,36,40)(H3,31,32,34,35)/t16-,24+,25-,27-,28-,45-/m1/s1. The average Bonchev–Trinajstić information content (AvgIpc) is 3.48. The molecule has 0 radical (unpaired) electrons. The summed E-state index contributed by atoms with van der Waals surface area (Å²) in [6.07, 6.45) is -3.62. The lowest BCUT2D eigenvalue weighted by molar-refractivity contribution is -0.202. The Morgan fingerprint density at radius 1 is 1.20 bits per heavy atom. The number of anilines is 2. The zero-order valence-corrected chi connectivity index (χ0v) is 26.0. The van der Waals surface area contributed by atoms with Crippen LogP contribution in [-0.2, 0) is 23.4 Å². The fraction of sp³-hybridized carbons (Fsp3) is 0.429. The number of aliphatic hydroxyl groups excluding tert-OH is 1. The molecule has 5 N–H and O–H groups in total. The van der Waals surface area contributed by atoms with E-state index in [0.717, 1.165) is 23.2 Å². The van der Waals surface area contributed by atoms with Gasteiger partial charge in [-0.3, -0.25) is 13.9 Å². The van der Waals surface area contributed by atoms with E-state index in [1.807, 2.05) is 0 Å². The molecule has 2 aromatic carbocycles. The highest BCUT2D eigenvalue weighted by molar-refractivity contribution is 7.52. The monoisotopic (exact) mass is 649 g/mol. The van der Waals surface area contributed by atoms with Gasteiger partial charge in [0.05, 0.1) is 12.4 Å². The lowest BCUT2D eigenvalue weighted by atomic mass is 9.97. The van der Waals surface area contributed by atoms with E-state index in [0.29, 0.717) is 5.39 Å². The SMILES string of the molecule is CNc1nc(N)nc2c1ncn2[C@@H]1O[C@](F)(CO[P@](=O)(N[C@H](C)C(=O)OC(C)C)Oc2cccc3ccccc23)[C@@H](O)[C@@]1(C)F. The second-order valence-electron chi connectivity index (χ2n) is 11.0. The summed E-state index contributed by atoms with van der Waals surface area (Å²) >= 11 is 0. The second kappa shape index (κ2) is 12.1. The topological polar surface area (TPSA) is 185 Å². The summed E-state index contributed by atoms with van der Waals surface area (Å²) in [5.41, 5.74) is 3.20. The molecule has 0 amide bonds. The minimum atomic E-state index is -4.67. The Balaban J connectivity index is 1.45.